The van der Waals surface area contributed by atoms with E-state index in [1.807, 2.05) is 0 Å². The predicted molar refractivity (Wildman–Crippen MR) is 33.9 cm³/mol. The van der Waals surface area contributed by atoms with Crippen molar-refractivity contribution in [1.29, 1.82) is 0 Å². The van der Waals surface area contributed by atoms with Crippen LogP contribution in [0.4, 0.5) is 0 Å². The van der Waals surface area contributed by atoms with Gasteiger partial charge < -0.3 is 14.2 Å². The first-order valence-corrected chi connectivity index (χ1v) is 3.51. The zero-order valence-electron chi connectivity index (χ0n) is 3.61. The SMILES string of the molecule is O=[SH](O)(O)CCO.[NaH]. The number of thiol groups is 1. The number of aliphatic hydroxyl groups is 1. The molecule has 0 saturated heterocycles. The van der Waals surface area contributed by atoms with E-state index in [0.29, 0.717) is 0 Å². The van der Waals surface area contributed by atoms with Crippen molar-refractivity contribution in [3.05, 3.63) is 0 Å². The van der Waals surface area contributed by atoms with Crippen LogP contribution in [0.2, 0.25) is 0 Å². The summed E-state index contributed by atoms with van der Waals surface area (Å²) in [6, 6.07) is 0. The summed E-state index contributed by atoms with van der Waals surface area (Å²) < 4.78 is 25.7. The van der Waals surface area contributed by atoms with Crippen LogP contribution in [0, 0.1) is 0 Å². The molecule has 4 nitrogen and oxygen atoms in total. The molecule has 6 heteroatoms. The van der Waals surface area contributed by atoms with Crippen LogP contribution in [0.1, 0.15) is 0 Å². The van der Waals surface area contributed by atoms with Gasteiger partial charge in [0.2, 0.25) is 0 Å². The van der Waals surface area contributed by atoms with E-state index in [4.69, 9.17) is 14.2 Å². The molecule has 0 aliphatic heterocycles. The van der Waals surface area contributed by atoms with Gasteiger partial charge in [0.25, 0.3) is 0 Å². The van der Waals surface area contributed by atoms with E-state index in [-0.39, 0.29) is 29.6 Å². The summed E-state index contributed by atoms with van der Waals surface area (Å²) in [5, 5.41) is 7.91. The maximum absolute atomic E-state index is 9.77. The van der Waals surface area contributed by atoms with Crippen LogP contribution < -0.4 is 0 Å². The maximum atomic E-state index is 9.77. The van der Waals surface area contributed by atoms with E-state index in [1.54, 1.807) is 0 Å². The Balaban J connectivity index is 0. The first-order valence-electron chi connectivity index (χ1n) is 1.72. The summed E-state index contributed by atoms with van der Waals surface area (Å²) in [7, 11) is -3.92. The third-order valence-corrected chi connectivity index (χ3v) is 1.17. The van der Waals surface area contributed by atoms with Gasteiger partial charge in [0, 0.05) is 0 Å². The molecule has 0 amide bonds. The molecule has 0 heterocycles. The standard InChI is InChI=1S/C2H8O4S.Na.H/c3-1-2-7(4,5)6;;/h3,7H,1-2H2,(H2,4,5,6);;. The van der Waals surface area contributed by atoms with E-state index >= 15 is 0 Å². The van der Waals surface area contributed by atoms with Crippen LogP contribution in [0.15, 0.2) is 0 Å². The van der Waals surface area contributed by atoms with Gasteiger partial charge in [-0.15, -0.1) is 0 Å². The molecular formula is C2H9NaO4S. The second kappa shape index (κ2) is 4.87. The van der Waals surface area contributed by atoms with Crippen LogP contribution in [-0.4, -0.2) is 60.3 Å². The van der Waals surface area contributed by atoms with Gasteiger partial charge in [-0.3, -0.25) is 0 Å². The Kier molecular flexibility index (Phi) is 7.17. The van der Waals surface area contributed by atoms with Crippen LogP contribution in [-0.2, 0) is 10.5 Å². The van der Waals surface area contributed by atoms with Crippen molar-refractivity contribution in [1.82, 2.24) is 0 Å². The fourth-order valence-electron chi connectivity index (χ4n) is 0.130. The van der Waals surface area contributed by atoms with E-state index in [0.717, 1.165) is 0 Å². The molecule has 8 heavy (non-hydrogen) atoms. The molecule has 0 aliphatic carbocycles. The fourth-order valence-corrected chi connectivity index (χ4v) is 0.391. The summed E-state index contributed by atoms with van der Waals surface area (Å²) in [5.41, 5.74) is 0. The second-order valence-corrected chi connectivity index (χ2v) is 2.89. The molecule has 0 saturated carbocycles. The first kappa shape index (κ1) is 11.8. The van der Waals surface area contributed by atoms with Crippen LogP contribution in [0.3, 0.4) is 0 Å². The molecule has 0 fully saturated rings. The quantitative estimate of drug-likeness (QED) is 0.281. The molecule has 0 spiro atoms. The minimum absolute atomic E-state index is 0. The van der Waals surface area contributed by atoms with Gasteiger partial charge in [-0.2, -0.15) is 0 Å². The van der Waals surface area contributed by atoms with Gasteiger partial charge in [0.05, 0.1) is 22.9 Å². The third-order valence-electron chi connectivity index (χ3n) is 0.391. The van der Waals surface area contributed by atoms with E-state index < -0.39 is 22.9 Å². The summed E-state index contributed by atoms with van der Waals surface area (Å²) in [4.78, 5) is 0. The van der Waals surface area contributed by atoms with Crippen molar-refractivity contribution < 1.29 is 18.4 Å². The zero-order chi connectivity index (χ0) is 5.91. The van der Waals surface area contributed by atoms with Crippen LogP contribution in [0.25, 0.3) is 0 Å². The Bertz CT molecular complexity index is 88.0. The van der Waals surface area contributed by atoms with Gasteiger partial charge in [0.15, 0.2) is 0 Å². The second-order valence-electron chi connectivity index (χ2n) is 1.11. The topological polar surface area (TPSA) is 77.8 Å². The Morgan fingerprint density at radius 1 is 1.38 bits per heavy atom. The molecule has 0 rings (SSSR count). The van der Waals surface area contributed by atoms with Crippen molar-refractivity contribution in [2.45, 2.75) is 0 Å². The summed E-state index contributed by atoms with van der Waals surface area (Å²) in [6.45, 7) is -0.454. The summed E-state index contributed by atoms with van der Waals surface area (Å²) in [6.07, 6.45) is 0. The molecule has 0 radical (unpaired) electrons. The van der Waals surface area contributed by atoms with Crippen molar-refractivity contribution >= 4 is 40.1 Å². The molecule has 0 aliphatic rings. The number of rotatable bonds is 2. The Labute approximate surface area is 70.7 Å². The Hall–Kier alpha value is 1.03. The van der Waals surface area contributed by atoms with Crippen molar-refractivity contribution in [3.8, 4) is 0 Å². The molecule has 48 valence electrons. The van der Waals surface area contributed by atoms with Crippen LogP contribution >= 0.6 is 0 Å². The Morgan fingerprint density at radius 3 is 1.75 bits per heavy atom. The number of hydrogen-bond donors (Lipinski definition) is 4. The third kappa shape index (κ3) is 10.1. The minimum atomic E-state index is -3.92. The van der Waals surface area contributed by atoms with Crippen molar-refractivity contribution in [2.24, 2.45) is 0 Å². The zero-order valence-corrected chi connectivity index (χ0v) is 4.51. The molecule has 0 aromatic heterocycles. The van der Waals surface area contributed by atoms with Crippen LogP contribution in [0.5, 0.6) is 0 Å². The molecule has 0 unspecified atom stereocenters. The summed E-state index contributed by atoms with van der Waals surface area (Å²) >= 11 is 0. The normalized spacial score (nSPS) is 12.4. The molecule has 0 aromatic carbocycles. The predicted octanol–water partition coefficient (Wildman–Crippen LogP) is -1.71. The van der Waals surface area contributed by atoms with E-state index in [2.05, 4.69) is 0 Å². The van der Waals surface area contributed by atoms with Gasteiger partial charge in [-0.1, -0.05) is 0 Å². The summed E-state index contributed by atoms with van der Waals surface area (Å²) in [5.74, 6) is -0.438. The molecule has 0 bridgehead atoms. The number of hydrogen-bond acceptors (Lipinski definition) is 2. The molecule has 3 N–H and O–H groups in total. The van der Waals surface area contributed by atoms with Gasteiger partial charge in [-0.25, -0.2) is 4.21 Å². The van der Waals surface area contributed by atoms with Gasteiger partial charge in [-0.05, 0) is 0 Å². The average molecular weight is 152 g/mol. The van der Waals surface area contributed by atoms with Gasteiger partial charge >= 0.3 is 29.6 Å². The monoisotopic (exact) mass is 152 g/mol. The fraction of sp³-hybridized carbons (Fsp3) is 1.00. The van der Waals surface area contributed by atoms with E-state index in [9.17, 15) is 4.21 Å². The van der Waals surface area contributed by atoms with E-state index in [1.165, 1.54) is 0 Å². The molecule has 0 aromatic rings. The van der Waals surface area contributed by atoms with Crippen molar-refractivity contribution in [2.75, 3.05) is 12.4 Å². The van der Waals surface area contributed by atoms with Crippen molar-refractivity contribution in [3.63, 3.8) is 0 Å². The Morgan fingerprint density at radius 2 is 1.75 bits per heavy atom. The average Bonchev–Trinajstić information content (AvgIpc) is 1.30. The number of aliphatic hydroxyl groups excluding tert-OH is 1. The first-order chi connectivity index (χ1) is 3.06. The molecular weight excluding hydrogens is 143 g/mol. The molecule has 0 atom stereocenters. The van der Waals surface area contributed by atoms with Gasteiger partial charge in [0.1, 0.15) is 0 Å².